The summed E-state index contributed by atoms with van der Waals surface area (Å²) in [5.74, 6) is 2.51. The van der Waals surface area contributed by atoms with Crippen LogP contribution in [0.2, 0.25) is 0 Å². The van der Waals surface area contributed by atoms with Crippen molar-refractivity contribution in [3.05, 3.63) is 5.92 Å². The zero-order valence-corrected chi connectivity index (χ0v) is 7.20. The van der Waals surface area contributed by atoms with Gasteiger partial charge >= 0.3 is 0 Å². The Morgan fingerprint density at radius 2 is 1.89 bits per heavy atom. The van der Waals surface area contributed by atoms with E-state index in [1.54, 1.807) is 5.92 Å². The summed E-state index contributed by atoms with van der Waals surface area (Å²) in [4.78, 5) is 0. The molecule has 0 aliphatic rings. The normalized spacial score (nSPS) is 11.3. The highest BCUT2D eigenvalue weighted by molar-refractivity contribution is 4.81. The van der Waals surface area contributed by atoms with Crippen LogP contribution in [0.25, 0.3) is 0 Å². The standard InChI is InChI=1S/C9H19/c1-5-9(4)7-6-8(2)3/h8H,5-7H2,1-4H3. The first kappa shape index (κ1) is 9.00. The van der Waals surface area contributed by atoms with Crippen molar-refractivity contribution < 1.29 is 0 Å². The van der Waals surface area contributed by atoms with E-state index < -0.39 is 0 Å². The minimum Gasteiger partial charge on any atom is -0.0648 e. The Morgan fingerprint density at radius 1 is 1.33 bits per heavy atom. The lowest BCUT2D eigenvalue weighted by molar-refractivity contribution is 0.553. The highest BCUT2D eigenvalue weighted by Crippen LogP contribution is 2.15. The van der Waals surface area contributed by atoms with Crippen molar-refractivity contribution in [2.24, 2.45) is 5.92 Å². The molecule has 0 heterocycles. The Morgan fingerprint density at radius 3 is 2.22 bits per heavy atom. The fourth-order valence-corrected chi connectivity index (χ4v) is 0.712. The first-order valence-corrected chi connectivity index (χ1v) is 3.98. The van der Waals surface area contributed by atoms with Crippen LogP contribution in [0.1, 0.15) is 47.0 Å². The second-order valence-corrected chi connectivity index (χ2v) is 3.24. The Bertz CT molecular complexity index is 55.1. The van der Waals surface area contributed by atoms with Gasteiger partial charge in [0.25, 0.3) is 0 Å². The van der Waals surface area contributed by atoms with Crippen LogP contribution in [0.15, 0.2) is 0 Å². The molecule has 1 radical (unpaired) electrons. The Labute approximate surface area is 59.7 Å². The maximum Gasteiger partial charge on any atom is -0.0275 e. The summed E-state index contributed by atoms with van der Waals surface area (Å²) in [5.41, 5.74) is 0. The minimum atomic E-state index is 0.867. The van der Waals surface area contributed by atoms with Gasteiger partial charge in [0, 0.05) is 0 Å². The van der Waals surface area contributed by atoms with E-state index in [1.165, 1.54) is 19.3 Å². The van der Waals surface area contributed by atoms with Crippen LogP contribution in [0, 0.1) is 11.8 Å². The van der Waals surface area contributed by atoms with E-state index in [0.717, 1.165) is 5.92 Å². The predicted molar refractivity (Wildman–Crippen MR) is 43.3 cm³/mol. The second kappa shape index (κ2) is 4.84. The molecule has 9 heavy (non-hydrogen) atoms. The highest BCUT2D eigenvalue weighted by atomic mass is 14.1. The quantitative estimate of drug-likeness (QED) is 0.542. The number of hydrogen-bond acceptors (Lipinski definition) is 0. The lowest BCUT2D eigenvalue weighted by Crippen LogP contribution is -1.93. The van der Waals surface area contributed by atoms with Gasteiger partial charge in [0.1, 0.15) is 0 Å². The van der Waals surface area contributed by atoms with Gasteiger partial charge in [-0.15, -0.1) is 0 Å². The molecule has 0 aliphatic carbocycles. The van der Waals surface area contributed by atoms with Crippen LogP contribution < -0.4 is 0 Å². The summed E-state index contributed by atoms with van der Waals surface area (Å²) in [6.07, 6.45) is 3.94. The van der Waals surface area contributed by atoms with E-state index in [-0.39, 0.29) is 0 Å². The molecule has 0 heteroatoms. The predicted octanol–water partition coefficient (Wildman–Crippen LogP) is 3.43. The monoisotopic (exact) mass is 127 g/mol. The van der Waals surface area contributed by atoms with Crippen LogP contribution in [-0.2, 0) is 0 Å². The SMILES string of the molecule is CC[C](C)CCC(C)C. The van der Waals surface area contributed by atoms with Gasteiger partial charge in [0.15, 0.2) is 0 Å². The van der Waals surface area contributed by atoms with Gasteiger partial charge in [-0.05, 0) is 18.3 Å². The smallest absolute Gasteiger partial charge is 0.0275 e. The van der Waals surface area contributed by atoms with E-state index >= 15 is 0 Å². The number of rotatable bonds is 4. The topological polar surface area (TPSA) is 0 Å². The summed E-state index contributed by atoms with van der Waals surface area (Å²) in [5, 5.41) is 0. The van der Waals surface area contributed by atoms with Gasteiger partial charge in [-0.1, -0.05) is 40.5 Å². The van der Waals surface area contributed by atoms with Gasteiger partial charge in [0.2, 0.25) is 0 Å². The highest BCUT2D eigenvalue weighted by Gasteiger charge is 2.00. The zero-order chi connectivity index (χ0) is 7.28. The second-order valence-electron chi connectivity index (χ2n) is 3.24. The molecule has 0 aromatic rings. The van der Waals surface area contributed by atoms with Crippen molar-refractivity contribution in [2.45, 2.75) is 47.0 Å². The van der Waals surface area contributed by atoms with Crippen molar-refractivity contribution in [3.63, 3.8) is 0 Å². The molecule has 0 aliphatic heterocycles. The fraction of sp³-hybridized carbons (Fsp3) is 0.889. The van der Waals surface area contributed by atoms with Gasteiger partial charge in [0.05, 0.1) is 0 Å². The van der Waals surface area contributed by atoms with Crippen LogP contribution in [0.5, 0.6) is 0 Å². The van der Waals surface area contributed by atoms with Gasteiger partial charge in [-0.3, -0.25) is 0 Å². The molecule has 0 unspecified atom stereocenters. The van der Waals surface area contributed by atoms with Crippen molar-refractivity contribution in [3.8, 4) is 0 Å². The fourth-order valence-electron chi connectivity index (χ4n) is 0.712. The molecule has 0 N–H and O–H groups in total. The minimum absolute atomic E-state index is 0.867. The van der Waals surface area contributed by atoms with Gasteiger partial charge < -0.3 is 0 Å². The Hall–Kier alpha value is 0. The lowest BCUT2D eigenvalue weighted by Gasteiger charge is -2.08. The molecule has 0 saturated carbocycles. The van der Waals surface area contributed by atoms with E-state index in [4.69, 9.17) is 0 Å². The van der Waals surface area contributed by atoms with Crippen molar-refractivity contribution in [2.75, 3.05) is 0 Å². The summed E-state index contributed by atoms with van der Waals surface area (Å²) >= 11 is 0. The third-order valence-corrected chi connectivity index (χ3v) is 1.75. The average molecular weight is 127 g/mol. The van der Waals surface area contributed by atoms with Crippen LogP contribution >= 0.6 is 0 Å². The lowest BCUT2D eigenvalue weighted by atomic mass is 9.98. The van der Waals surface area contributed by atoms with Crippen molar-refractivity contribution in [1.29, 1.82) is 0 Å². The van der Waals surface area contributed by atoms with Crippen LogP contribution in [-0.4, -0.2) is 0 Å². The first-order chi connectivity index (χ1) is 4.16. The van der Waals surface area contributed by atoms with Crippen molar-refractivity contribution in [1.82, 2.24) is 0 Å². The molecule has 0 spiro atoms. The first-order valence-electron chi connectivity index (χ1n) is 3.98. The van der Waals surface area contributed by atoms with E-state index in [1.807, 2.05) is 0 Å². The largest absolute Gasteiger partial charge is 0.0648 e. The molecule has 0 aromatic carbocycles. The Balaban J connectivity index is 3.06. The summed E-state index contributed by atoms with van der Waals surface area (Å²) in [6.45, 7) is 9.05. The molecule has 55 valence electrons. The maximum atomic E-state index is 2.28. The van der Waals surface area contributed by atoms with Gasteiger partial charge in [-0.25, -0.2) is 0 Å². The molecule has 0 amide bonds. The van der Waals surface area contributed by atoms with Crippen LogP contribution in [0.4, 0.5) is 0 Å². The zero-order valence-electron chi connectivity index (χ0n) is 7.20. The van der Waals surface area contributed by atoms with E-state index in [2.05, 4.69) is 27.7 Å². The molecule has 0 rings (SSSR count). The molecule has 0 atom stereocenters. The third-order valence-electron chi connectivity index (χ3n) is 1.75. The molecule has 0 nitrogen and oxygen atoms in total. The molecule has 0 aromatic heterocycles. The Kier molecular flexibility index (Phi) is 4.84. The molecular weight excluding hydrogens is 108 g/mol. The number of hydrogen-bond donors (Lipinski definition) is 0. The third kappa shape index (κ3) is 5.88. The molecular formula is C9H19. The molecule has 0 bridgehead atoms. The van der Waals surface area contributed by atoms with Gasteiger partial charge in [-0.2, -0.15) is 0 Å². The van der Waals surface area contributed by atoms with E-state index in [9.17, 15) is 0 Å². The summed E-state index contributed by atoms with van der Waals surface area (Å²) in [7, 11) is 0. The average Bonchev–Trinajstić information content (AvgIpc) is 1.83. The van der Waals surface area contributed by atoms with E-state index in [0.29, 0.717) is 0 Å². The summed E-state index contributed by atoms with van der Waals surface area (Å²) < 4.78 is 0. The van der Waals surface area contributed by atoms with Crippen molar-refractivity contribution >= 4 is 0 Å². The molecule has 0 fully saturated rings. The summed E-state index contributed by atoms with van der Waals surface area (Å²) in [6, 6.07) is 0. The maximum absolute atomic E-state index is 2.28. The van der Waals surface area contributed by atoms with Crippen LogP contribution in [0.3, 0.4) is 0 Å². The molecule has 0 saturated heterocycles.